The quantitative estimate of drug-likeness (QED) is 0.810. The van der Waals surface area contributed by atoms with E-state index in [0.29, 0.717) is 17.2 Å². The van der Waals surface area contributed by atoms with E-state index in [0.717, 1.165) is 0 Å². The van der Waals surface area contributed by atoms with Crippen molar-refractivity contribution in [1.29, 1.82) is 0 Å². The van der Waals surface area contributed by atoms with Gasteiger partial charge in [0.1, 0.15) is 5.82 Å². The van der Waals surface area contributed by atoms with Gasteiger partial charge in [0.05, 0.1) is 5.69 Å². The lowest BCUT2D eigenvalue weighted by Crippen LogP contribution is -1.98. The lowest BCUT2D eigenvalue weighted by atomic mass is 10.1. The normalized spacial score (nSPS) is 10.6. The molecule has 3 nitrogen and oxygen atoms in total. The Morgan fingerprint density at radius 2 is 2.20 bits per heavy atom. The maximum Gasteiger partial charge on any atom is 0.201 e. The van der Waals surface area contributed by atoms with E-state index >= 15 is 0 Å². The summed E-state index contributed by atoms with van der Waals surface area (Å²) >= 11 is 5.90. The zero-order valence-electron chi connectivity index (χ0n) is 8.04. The number of hydrogen-bond donors (Lipinski definition) is 1. The van der Waals surface area contributed by atoms with Crippen molar-refractivity contribution in [2.45, 2.75) is 0 Å². The summed E-state index contributed by atoms with van der Waals surface area (Å²) in [5.41, 5.74) is 6.87. The minimum atomic E-state index is -0.316. The van der Waals surface area contributed by atoms with Gasteiger partial charge in [-0.25, -0.2) is 9.37 Å². The van der Waals surface area contributed by atoms with Crippen LogP contribution in [0.15, 0.2) is 24.3 Å². The molecule has 0 unspecified atom stereocenters. The zero-order valence-corrected chi connectivity index (χ0v) is 8.79. The highest BCUT2D eigenvalue weighted by atomic mass is 35.5. The molecule has 0 spiro atoms. The molecule has 1 aromatic heterocycles. The Hall–Kier alpha value is -1.55. The Morgan fingerprint density at radius 3 is 2.73 bits per heavy atom. The molecule has 0 amide bonds. The van der Waals surface area contributed by atoms with Crippen LogP contribution in [-0.2, 0) is 7.05 Å². The van der Waals surface area contributed by atoms with E-state index in [4.69, 9.17) is 17.3 Å². The van der Waals surface area contributed by atoms with Gasteiger partial charge in [0.2, 0.25) is 5.95 Å². The average molecular weight is 226 g/mol. The van der Waals surface area contributed by atoms with E-state index in [9.17, 15) is 4.39 Å². The van der Waals surface area contributed by atoms with Crippen LogP contribution in [0, 0.1) is 5.82 Å². The lowest BCUT2D eigenvalue weighted by molar-refractivity contribution is 0.628. The van der Waals surface area contributed by atoms with Gasteiger partial charge in [-0.05, 0) is 12.1 Å². The number of aromatic nitrogens is 2. The summed E-state index contributed by atoms with van der Waals surface area (Å²) in [6.07, 6.45) is 0. The van der Waals surface area contributed by atoms with Gasteiger partial charge >= 0.3 is 0 Å². The van der Waals surface area contributed by atoms with Crippen LogP contribution in [0.3, 0.4) is 0 Å². The zero-order chi connectivity index (χ0) is 11.0. The van der Waals surface area contributed by atoms with Crippen LogP contribution in [0.25, 0.3) is 11.3 Å². The molecule has 0 atom stereocenters. The van der Waals surface area contributed by atoms with E-state index in [1.165, 1.54) is 12.1 Å². The SMILES string of the molecule is Cn1c(N)nc(Cl)c1-c1cccc(F)c1. The van der Waals surface area contributed by atoms with Crippen molar-refractivity contribution >= 4 is 17.5 Å². The molecule has 2 rings (SSSR count). The molecule has 0 aliphatic heterocycles. The van der Waals surface area contributed by atoms with E-state index < -0.39 is 0 Å². The van der Waals surface area contributed by atoms with Gasteiger partial charge in [0.15, 0.2) is 5.15 Å². The first-order valence-corrected chi connectivity index (χ1v) is 4.71. The van der Waals surface area contributed by atoms with Gasteiger partial charge < -0.3 is 10.3 Å². The first kappa shape index (κ1) is 9.98. The number of rotatable bonds is 1. The molecule has 0 aliphatic carbocycles. The first-order chi connectivity index (χ1) is 7.09. The predicted molar refractivity (Wildman–Crippen MR) is 58.0 cm³/mol. The van der Waals surface area contributed by atoms with E-state index in [-0.39, 0.29) is 11.0 Å². The summed E-state index contributed by atoms with van der Waals surface area (Å²) in [5.74, 6) is -0.0115. The van der Waals surface area contributed by atoms with Gasteiger partial charge in [-0.1, -0.05) is 23.7 Å². The van der Waals surface area contributed by atoms with Crippen molar-refractivity contribution < 1.29 is 4.39 Å². The summed E-state index contributed by atoms with van der Waals surface area (Å²) in [6, 6.07) is 6.13. The monoisotopic (exact) mass is 225 g/mol. The van der Waals surface area contributed by atoms with Crippen molar-refractivity contribution in [2.24, 2.45) is 7.05 Å². The fraction of sp³-hybridized carbons (Fsp3) is 0.100. The molecule has 1 aromatic carbocycles. The van der Waals surface area contributed by atoms with Crippen LogP contribution in [0.4, 0.5) is 10.3 Å². The molecule has 0 saturated heterocycles. The second kappa shape index (κ2) is 3.55. The third-order valence-corrected chi connectivity index (χ3v) is 2.45. The Bertz CT molecular complexity index is 507. The topological polar surface area (TPSA) is 43.8 Å². The number of nitrogen functional groups attached to an aromatic ring is 1. The Labute approximate surface area is 91.3 Å². The fourth-order valence-corrected chi connectivity index (χ4v) is 1.75. The minimum absolute atomic E-state index is 0.278. The second-order valence-electron chi connectivity index (χ2n) is 3.18. The fourth-order valence-electron chi connectivity index (χ4n) is 1.43. The molecule has 2 N–H and O–H groups in total. The lowest BCUT2D eigenvalue weighted by Gasteiger charge is -2.03. The van der Waals surface area contributed by atoms with E-state index in [2.05, 4.69) is 4.98 Å². The van der Waals surface area contributed by atoms with Gasteiger partial charge in [0, 0.05) is 12.6 Å². The van der Waals surface area contributed by atoms with Gasteiger partial charge in [-0.2, -0.15) is 0 Å². The largest absolute Gasteiger partial charge is 0.369 e. The Morgan fingerprint density at radius 1 is 1.47 bits per heavy atom. The molecule has 5 heteroatoms. The summed E-state index contributed by atoms with van der Waals surface area (Å²) in [5, 5.41) is 0.278. The van der Waals surface area contributed by atoms with Crippen LogP contribution in [0.5, 0.6) is 0 Å². The van der Waals surface area contributed by atoms with Crippen molar-refractivity contribution in [3.8, 4) is 11.3 Å². The molecule has 78 valence electrons. The maximum atomic E-state index is 13.0. The van der Waals surface area contributed by atoms with Crippen molar-refractivity contribution in [3.63, 3.8) is 0 Å². The van der Waals surface area contributed by atoms with Crippen LogP contribution >= 0.6 is 11.6 Å². The van der Waals surface area contributed by atoms with Crippen molar-refractivity contribution in [1.82, 2.24) is 9.55 Å². The smallest absolute Gasteiger partial charge is 0.201 e. The molecule has 0 saturated carbocycles. The molecule has 0 aliphatic rings. The molecule has 1 heterocycles. The molecule has 0 fully saturated rings. The number of anilines is 1. The highest BCUT2D eigenvalue weighted by Gasteiger charge is 2.13. The van der Waals surface area contributed by atoms with Gasteiger partial charge in [-0.3, -0.25) is 0 Å². The predicted octanol–water partition coefficient (Wildman–Crippen LogP) is 2.46. The Balaban J connectivity index is 2.63. The number of halogens is 2. The second-order valence-corrected chi connectivity index (χ2v) is 3.54. The van der Waals surface area contributed by atoms with Gasteiger partial charge in [0.25, 0.3) is 0 Å². The summed E-state index contributed by atoms with van der Waals surface area (Å²) < 4.78 is 14.6. The minimum Gasteiger partial charge on any atom is -0.369 e. The highest BCUT2D eigenvalue weighted by Crippen LogP contribution is 2.29. The van der Waals surface area contributed by atoms with Crippen molar-refractivity contribution in [2.75, 3.05) is 5.73 Å². The Kier molecular flexibility index (Phi) is 2.36. The van der Waals surface area contributed by atoms with E-state index in [1.807, 2.05) is 0 Å². The number of nitrogens with two attached hydrogens (primary N) is 1. The molecule has 2 aromatic rings. The third kappa shape index (κ3) is 1.68. The first-order valence-electron chi connectivity index (χ1n) is 4.33. The average Bonchev–Trinajstić information content (AvgIpc) is 2.41. The third-order valence-electron chi connectivity index (χ3n) is 2.19. The van der Waals surface area contributed by atoms with Crippen LogP contribution in [0.2, 0.25) is 5.15 Å². The number of nitrogens with zero attached hydrogens (tertiary/aromatic N) is 2. The number of hydrogen-bond acceptors (Lipinski definition) is 2. The van der Waals surface area contributed by atoms with Crippen LogP contribution in [0.1, 0.15) is 0 Å². The standard InChI is InChI=1S/C10H9ClFN3/c1-15-8(9(11)14-10(15)13)6-3-2-4-7(12)5-6/h2-5H,1H3,(H2,13,14). The summed E-state index contributed by atoms with van der Waals surface area (Å²) in [6.45, 7) is 0. The molecular formula is C10H9ClFN3. The van der Waals surface area contributed by atoms with Gasteiger partial charge in [-0.15, -0.1) is 0 Å². The summed E-state index contributed by atoms with van der Waals surface area (Å²) in [7, 11) is 1.73. The molecule has 0 radical (unpaired) electrons. The molecular weight excluding hydrogens is 217 g/mol. The summed E-state index contributed by atoms with van der Waals surface area (Å²) in [4.78, 5) is 3.90. The number of imidazole rings is 1. The molecule has 0 bridgehead atoms. The van der Waals surface area contributed by atoms with E-state index in [1.54, 1.807) is 23.7 Å². The van der Waals surface area contributed by atoms with Crippen LogP contribution in [-0.4, -0.2) is 9.55 Å². The van der Waals surface area contributed by atoms with Crippen LogP contribution < -0.4 is 5.73 Å². The molecule has 15 heavy (non-hydrogen) atoms. The number of benzene rings is 1. The highest BCUT2D eigenvalue weighted by molar-refractivity contribution is 6.32. The maximum absolute atomic E-state index is 13.0. The van der Waals surface area contributed by atoms with Crippen molar-refractivity contribution in [3.05, 3.63) is 35.2 Å².